The van der Waals surface area contributed by atoms with Gasteiger partial charge >= 0.3 is 0 Å². The minimum Gasteiger partial charge on any atom is -0.497 e. The van der Waals surface area contributed by atoms with E-state index in [0.29, 0.717) is 30.3 Å². The lowest BCUT2D eigenvalue weighted by atomic mass is 10.2. The van der Waals surface area contributed by atoms with Gasteiger partial charge in [-0.1, -0.05) is 19.1 Å². The lowest BCUT2D eigenvalue weighted by molar-refractivity contribution is -0.115. The second kappa shape index (κ2) is 7.31. The van der Waals surface area contributed by atoms with Crippen molar-refractivity contribution >= 4 is 23.2 Å². The number of nitrogen functional groups attached to an aromatic ring is 1. The van der Waals surface area contributed by atoms with E-state index >= 15 is 0 Å². The first-order valence-corrected chi connectivity index (χ1v) is 7.05. The van der Waals surface area contributed by atoms with E-state index in [1.807, 2.05) is 24.3 Å². The molecule has 4 N–H and O–H groups in total. The average molecular weight is 300 g/mol. The van der Waals surface area contributed by atoms with Crippen molar-refractivity contribution in [2.75, 3.05) is 23.5 Å². The quantitative estimate of drug-likeness (QED) is 0.763. The maximum absolute atomic E-state index is 11.4. The van der Waals surface area contributed by atoms with Gasteiger partial charge < -0.3 is 21.1 Å². The number of benzene rings is 1. The Balaban J connectivity index is 1.98. The number of hydrogen-bond donors (Lipinski definition) is 3. The lowest BCUT2D eigenvalue weighted by Gasteiger charge is -2.10. The van der Waals surface area contributed by atoms with Gasteiger partial charge in [-0.25, -0.2) is 4.98 Å². The highest BCUT2D eigenvalue weighted by atomic mass is 16.5. The summed E-state index contributed by atoms with van der Waals surface area (Å²) in [7, 11) is 1.64. The van der Waals surface area contributed by atoms with Crippen molar-refractivity contribution in [3.63, 3.8) is 0 Å². The second-order valence-corrected chi connectivity index (χ2v) is 4.73. The molecule has 0 radical (unpaired) electrons. The number of aromatic nitrogens is 1. The largest absolute Gasteiger partial charge is 0.497 e. The van der Waals surface area contributed by atoms with Crippen molar-refractivity contribution in [1.29, 1.82) is 0 Å². The summed E-state index contributed by atoms with van der Waals surface area (Å²) in [6, 6.07) is 11.3. The number of carbonyl (C=O) groups excluding carboxylic acids is 1. The van der Waals surface area contributed by atoms with Gasteiger partial charge in [0.15, 0.2) is 0 Å². The fraction of sp³-hybridized carbons (Fsp3) is 0.250. The number of nitrogens with zero attached hydrogens (tertiary/aromatic N) is 1. The number of rotatable bonds is 6. The molecule has 0 saturated carbocycles. The molecule has 116 valence electrons. The van der Waals surface area contributed by atoms with Crippen LogP contribution in [0.3, 0.4) is 0 Å². The molecule has 0 aliphatic carbocycles. The molecule has 2 aromatic rings. The normalized spacial score (nSPS) is 10.1. The van der Waals surface area contributed by atoms with E-state index in [1.54, 1.807) is 26.2 Å². The number of methoxy groups -OCH3 is 1. The van der Waals surface area contributed by atoms with Gasteiger partial charge in [0.05, 0.1) is 12.8 Å². The van der Waals surface area contributed by atoms with Crippen LogP contribution in [0.1, 0.15) is 18.9 Å². The standard InChI is InChI=1S/C16H20N4O2/c1-3-15(21)19-13-8-9-14(20-16(13)17)18-10-11-4-6-12(22-2)7-5-11/h4-9H,3,10H2,1-2H3,(H,19,21)(H3,17,18,20). The Morgan fingerprint density at radius 3 is 2.55 bits per heavy atom. The van der Waals surface area contributed by atoms with Gasteiger partial charge in [0.2, 0.25) is 5.91 Å². The van der Waals surface area contributed by atoms with Crippen molar-refractivity contribution in [2.24, 2.45) is 0 Å². The molecule has 1 aromatic carbocycles. The highest BCUT2D eigenvalue weighted by Crippen LogP contribution is 2.19. The molecule has 0 bridgehead atoms. The molecule has 6 nitrogen and oxygen atoms in total. The molecule has 1 heterocycles. The Bertz CT molecular complexity index is 641. The van der Waals surface area contributed by atoms with Crippen molar-refractivity contribution < 1.29 is 9.53 Å². The Morgan fingerprint density at radius 1 is 1.23 bits per heavy atom. The van der Waals surface area contributed by atoms with Crippen LogP contribution in [0.4, 0.5) is 17.3 Å². The van der Waals surface area contributed by atoms with Gasteiger partial charge in [-0.2, -0.15) is 0 Å². The molecule has 0 aliphatic heterocycles. The van der Waals surface area contributed by atoms with E-state index in [4.69, 9.17) is 10.5 Å². The van der Waals surface area contributed by atoms with Crippen LogP contribution in [0.2, 0.25) is 0 Å². The fourth-order valence-corrected chi connectivity index (χ4v) is 1.85. The number of hydrogen-bond acceptors (Lipinski definition) is 5. The number of nitrogens with two attached hydrogens (primary N) is 1. The lowest BCUT2D eigenvalue weighted by Crippen LogP contribution is -2.12. The molecular weight excluding hydrogens is 280 g/mol. The first-order chi connectivity index (χ1) is 10.6. The maximum atomic E-state index is 11.4. The molecule has 0 unspecified atom stereocenters. The summed E-state index contributed by atoms with van der Waals surface area (Å²) < 4.78 is 5.12. The molecule has 0 atom stereocenters. The summed E-state index contributed by atoms with van der Waals surface area (Å²) in [5.41, 5.74) is 7.48. The highest BCUT2D eigenvalue weighted by Gasteiger charge is 2.05. The molecular formula is C16H20N4O2. The van der Waals surface area contributed by atoms with Crippen LogP contribution in [-0.2, 0) is 11.3 Å². The van der Waals surface area contributed by atoms with Gasteiger partial charge in [0.25, 0.3) is 0 Å². The van der Waals surface area contributed by atoms with Crippen LogP contribution >= 0.6 is 0 Å². The predicted molar refractivity (Wildman–Crippen MR) is 87.9 cm³/mol. The number of nitrogens with one attached hydrogen (secondary N) is 2. The Labute approximate surface area is 129 Å². The van der Waals surface area contributed by atoms with Crippen LogP contribution in [0.5, 0.6) is 5.75 Å². The zero-order chi connectivity index (χ0) is 15.9. The fourth-order valence-electron chi connectivity index (χ4n) is 1.85. The molecule has 0 saturated heterocycles. The summed E-state index contributed by atoms with van der Waals surface area (Å²) in [6.07, 6.45) is 0.400. The molecule has 6 heteroatoms. The molecule has 0 aliphatic rings. The van der Waals surface area contributed by atoms with Crippen LogP contribution in [0.15, 0.2) is 36.4 Å². The molecule has 22 heavy (non-hydrogen) atoms. The zero-order valence-corrected chi connectivity index (χ0v) is 12.7. The summed E-state index contributed by atoms with van der Waals surface area (Å²) in [4.78, 5) is 15.6. The van der Waals surface area contributed by atoms with Gasteiger partial charge in [-0.15, -0.1) is 0 Å². The Kier molecular flexibility index (Phi) is 5.19. The van der Waals surface area contributed by atoms with Gasteiger partial charge in [-0.05, 0) is 29.8 Å². The van der Waals surface area contributed by atoms with Gasteiger partial charge in [-0.3, -0.25) is 4.79 Å². The smallest absolute Gasteiger partial charge is 0.224 e. The maximum Gasteiger partial charge on any atom is 0.224 e. The van der Waals surface area contributed by atoms with Crippen LogP contribution < -0.4 is 21.1 Å². The minimum atomic E-state index is -0.0903. The van der Waals surface area contributed by atoms with E-state index in [9.17, 15) is 4.79 Å². The van der Waals surface area contributed by atoms with Crippen LogP contribution in [0, 0.1) is 0 Å². The summed E-state index contributed by atoms with van der Waals surface area (Å²) in [6.45, 7) is 2.40. The van der Waals surface area contributed by atoms with Crippen molar-refractivity contribution in [2.45, 2.75) is 19.9 Å². The summed E-state index contributed by atoms with van der Waals surface area (Å²) in [5.74, 6) is 1.68. The third-order valence-electron chi connectivity index (χ3n) is 3.15. The minimum absolute atomic E-state index is 0.0903. The average Bonchev–Trinajstić information content (AvgIpc) is 2.55. The number of anilines is 3. The van der Waals surface area contributed by atoms with Crippen molar-refractivity contribution in [3.05, 3.63) is 42.0 Å². The topological polar surface area (TPSA) is 89.3 Å². The Hall–Kier alpha value is -2.76. The van der Waals surface area contributed by atoms with E-state index in [2.05, 4.69) is 15.6 Å². The molecule has 0 fully saturated rings. The van der Waals surface area contributed by atoms with Gasteiger partial charge in [0.1, 0.15) is 17.4 Å². The first-order valence-electron chi connectivity index (χ1n) is 7.05. The van der Waals surface area contributed by atoms with E-state index in [-0.39, 0.29) is 5.91 Å². The second-order valence-electron chi connectivity index (χ2n) is 4.73. The zero-order valence-electron chi connectivity index (χ0n) is 12.7. The van der Waals surface area contributed by atoms with Crippen molar-refractivity contribution in [1.82, 2.24) is 4.98 Å². The number of amides is 1. The molecule has 2 rings (SSSR count). The van der Waals surface area contributed by atoms with Crippen LogP contribution in [0.25, 0.3) is 0 Å². The van der Waals surface area contributed by atoms with Crippen molar-refractivity contribution in [3.8, 4) is 5.75 Å². The number of carbonyl (C=O) groups is 1. The third kappa shape index (κ3) is 4.12. The van der Waals surface area contributed by atoms with Crippen LogP contribution in [-0.4, -0.2) is 18.0 Å². The monoisotopic (exact) mass is 300 g/mol. The van der Waals surface area contributed by atoms with E-state index in [1.165, 1.54) is 0 Å². The predicted octanol–water partition coefficient (Wildman–Crippen LogP) is 2.63. The number of pyridine rings is 1. The molecule has 1 aromatic heterocycles. The van der Waals surface area contributed by atoms with Gasteiger partial charge in [0, 0.05) is 13.0 Å². The van der Waals surface area contributed by atoms with E-state index in [0.717, 1.165) is 11.3 Å². The summed E-state index contributed by atoms with van der Waals surface area (Å²) in [5, 5.41) is 5.89. The Morgan fingerprint density at radius 2 is 1.95 bits per heavy atom. The first kappa shape index (κ1) is 15.6. The number of ether oxygens (including phenoxy) is 1. The molecule has 0 spiro atoms. The highest BCUT2D eigenvalue weighted by molar-refractivity contribution is 5.93. The van der Waals surface area contributed by atoms with E-state index < -0.39 is 0 Å². The SMILES string of the molecule is CCC(=O)Nc1ccc(NCc2ccc(OC)cc2)nc1N. The summed E-state index contributed by atoms with van der Waals surface area (Å²) >= 11 is 0. The molecule has 1 amide bonds. The third-order valence-corrected chi connectivity index (χ3v) is 3.15.